The number of carbonyl (C=O) groups is 2. The maximum absolute atomic E-state index is 14.7. The molecule has 1 aromatic carbocycles. The average molecular weight is 264 g/mol. The first-order valence-electron chi connectivity index (χ1n) is 6.54. The first-order valence-corrected chi connectivity index (χ1v) is 6.54. The molecule has 4 heteroatoms. The predicted octanol–water partition coefficient (Wildman–Crippen LogP) is 2.78. The van der Waals surface area contributed by atoms with Crippen LogP contribution in [0.15, 0.2) is 30.3 Å². The zero-order valence-electron chi connectivity index (χ0n) is 10.6. The number of hydrogen-bond acceptors (Lipinski definition) is 2. The Morgan fingerprint density at radius 1 is 1.21 bits per heavy atom. The summed E-state index contributed by atoms with van der Waals surface area (Å²) < 4.78 is 14.7. The van der Waals surface area contributed by atoms with Crippen LogP contribution in [0, 0.1) is 5.92 Å². The standard InChI is InChI=1S/C15H17FO3/c16-15(14(18)19,10-11-6-2-1-3-7-11)13(17)12-8-4-5-9-12/h1-3,6-7,12H,4-5,8-10H2,(H,18,19). The number of halogens is 1. The molecule has 0 aromatic heterocycles. The average Bonchev–Trinajstić information content (AvgIpc) is 2.92. The minimum absolute atomic E-state index is 0.390. The summed E-state index contributed by atoms with van der Waals surface area (Å²) in [5.74, 6) is -2.88. The van der Waals surface area contributed by atoms with E-state index in [0.717, 1.165) is 12.8 Å². The van der Waals surface area contributed by atoms with E-state index in [9.17, 15) is 14.0 Å². The van der Waals surface area contributed by atoms with E-state index < -0.39 is 29.8 Å². The van der Waals surface area contributed by atoms with Crippen LogP contribution in [-0.2, 0) is 16.0 Å². The molecule has 1 atom stereocenters. The van der Waals surface area contributed by atoms with Crippen molar-refractivity contribution in [2.45, 2.75) is 37.8 Å². The number of Topliss-reactive ketones (excluding diaryl/α,β-unsaturated/α-hetero) is 1. The van der Waals surface area contributed by atoms with Crippen LogP contribution < -0.4 is 0 Å². The lowest BCUT2D eigenvalue weighted by molar-refractivity contribution is -0.158. The third-order valence-electron chi connectivity index (χ3n) is 3.75. The molecule has 1 aliphatic rings. The fourth-order valence-electron chi connectivity index (χ4n) is 2.66. The highest BCUT2D eigenvalue weighted by atomic mass is 19.1. The van der Waals surface area contributed by atoms with Crippen LogP contribution in [0.25, 0.3) is 0 Å². The zero-order valence-corrected chi connectivity index (χ0v) is 10.6. The second-order valence-corrected chi connectivity index (χ2v) is 5.11. The Kier molecular flexibility index (Phi) is 3.98. The number of rotatable bonds is 5. The molecule has 1 unspecified atom stereocenters. The Bertz CT molecular complexity index is 466. The van der Waals surface area contributed by atoms with Crippen LogP contribution in [0.4, 0.5) is 4.39 Å². The molecule has 0 radical (unpaired) electrons. The van der Waals surface area contributed by atoms with Gasteiger partial charge in [0, 0.05) is 12.3 Å². The predicted molar refractivity (Wildman–Crippen MR) is 68.6 cm³/mol. The number of hydrogen-bond donors (Lipinski definition) is 1. The molecule has 1 saturated carbocycles. The van der Waals surface area contributed by atoms with E-state index >= 15 is 0 Å². The molecule has 102 valence electrons. The van der Waals surface area contributed by atoms with Crippen molar-refractivity contribution in [1.82, 2.24) is 0 Å². The lowest BCUT2D eigenvalue weighted by Gasteiger charge is -2.22. The molecule has 19 heavy (non-hydrogen) atoms. The first-order chi connectivity index (χ1) is 9.04. The quantitative estimate of drug-likeness (QED) is 0.832. The van der Waals surface area contributed by atoms with Crippen molar-refractivity contribution >= 4 is 11.8 Å². The Morgan fingerprint density at radius 2 is 1.79 bits per heavy atom. The van der Waals surface area contributed by atoms with Gasteiger partial charge < -0.3 is 5.11 Å². The van der Waals surface area contributed by atoms with Crippen LogP contribution in [0.2, 0.25) is 0 Å². The van der Waals surface area contributed by atoms with Crippen molar-refractivity contribution in [3.8, 4) is 0 Å². The second kappa shape index (κ2) is 5.51. The number of carboxylic acid groups (broad SMARTS) is 1. The van der Waals surface area contributed by atoms with Gasteiger partial charge in [-0.1, -0.05) is 43.2 Å². The molecule has 1 aromatic rings. The maximum Gasteiger partial charge on any atom is 0.349 e. The van der Waals surface area contributed by atoms with E-state index in [1.807, 2.05) is 0 Å². The van der Waals surface area contributed by atoms with E-state index in [1.54, 1.807) is 30.3 Å². The van der Waals surface area contributed by atoms with Crippen molar-refractivity contribution in [2.24, 2.45) is 5.92 Å². The minimum Gasteiger partial charge on any atom is -0.479 e. The minimum atomic E-state index is -2.80. The van der Waals surface area contributed by atoms with E-state index in [2.05, 4.69) is 0 Å². The van der Waals surface area contributed by atoms with Gasteiger partial charge in [-0.2, -0.15) is 0 Å². The SMILES string of the molecule is O=C(O)C(F)(Cc1ccccc1)C(=O)C1CCCC1. The summed E-state index contributed by atoms with van der Waals surface area (Å²) in [7, 11) is 0. The number of benzene rings is 1. The molecular weight excluding hydrogens is 247 g/mol. The smallest absolute Gasteiger partial charge is 0.349 e. The molecule has 0 spiro atoms. The topological polar surface area (TPSA) is 54.4 Å². The molecule has 0 aliphatic heterocycles. The number of aliphatic carboxylic acids is 1. The first kappa shape index (κ1) is 13.7. The van der Waals surface area contributed by atoms with Crippen molar-refractivity contribution in [3.63, 3.8) is 0 Å². The number of alkyl halides is 1. The normalized spacial score (nSPS) is 19.0. The van der Waals surface area contributed by atoms with E-state index in [4.69, 9.17) is 5.11 Å². The lowest BCUT2D eigenvalue weighted by Crippen LogP contribution is -2.47. The number of ketones is 1. The Hall–Kier alpha value is -1.71. The summed E-state index contributed by atoms with van der Waals surface area (Å²) >= 11 is 0. The van der Waals surface area contributed by atoms with Gasteiger partial charge in [-0.3, -0.25) is 4.79 Å². The van der Waals surface area contributed by atoms with Gasteiger partial charge >= 0.3 is 5.97 Å². The van der Waals surface area contributed by atoms with Gasteiger partial charge in [0.15, 0.2) is 5.78 Å². The summed E-state index contributed by atoms with van der Waals surface area (Å²) in [6, 6.07) is 8.46. The Labute approximate surface area is 111 Å². The summed E-state index contributed by atoms with van der Waals surface area (Å²) in [5, 5.41) is 9.13. The molecule has 0 bridgehead atoms. The molecule has 1 fully saturated rings. The molecule has 1 N–H and O–H groups in total. The van der Waals surface area contributed by atoms with Gasteiger partial charge in [0.25, 0.3) is 5.67 Å². The van der Waals surface area contributed by atoms with Crippen molar-refractivity contribution in [2.75, 3.05) is 0 Å². The van der Waals surface area contributed by atoms with Crippen molar-refractivity contribution in [1.29, 1.82) is 0 Å². The van der Waals surface area contributed by atoms with Gasteiger partial charge in [0.1, 0.15) is 0 Å². The largest absolute Gasteiger partial charge is 0.479 e. The molecule has 0 heterocycles. The van der Waals surface area contributed by atoms with Gasteiger partial charge in [-0.15, -0.1) is 0 Å². The summed E-state index contributed by atoms with van der Waals surface area (Å²) in [4.78, 5) is 23.4. The Balaban J connectivity index is 2.22. The van der Waals surface area contributed by atoms with Gasteiger partial charge in [0.05, 0.1) is 0 Å². The van der Waals surface area contributed by atoms with Crippen molar-refractivity contribution in [3.05, 3.63) is 35.9 Å². The third kappa shape index (κ3) is 2.83. The van der Waals surface area contributed by atoms with Crippen LogP contribution in [0.3, 0.4) is 0 Å². The third-order valence-corrected chi connectivity index (χ3v) is 3.75. The highest BCUT2D eigenvalue weighted by Crippen LogP contribution is 2.32. The van der Waals surface area contributed by atoms with Gasteiger partial charge in [-0.25, -0.2) is 9.18 Å². The van der Waals surface area contributed by atoms with Crippen LogP contribution >= 0.6 is 0 Å². The molecule has 0 amide bonds. The molecule has 1 aliphatic carbocycles. The maximum atomic E-state index is 14.7. The zero-order chi connectivity index (χ0) is 13.9. The summed E-state index contributed by atoms with van der Waals surface area (Å²) in [5.41, 5.74) is -2.27. The summed E-state index contributed by atoms with van der Waals surface area (Å²) in [6.07, 6.45) is 2.56. The van der Waals surface area contributed by atoms with E-state index in [-0.39, 0.29) is 0 Å². The Morgan fingerprint density at radius 3 is 2.32 bits per heavy atom. The fourth-order valence-corrected chi connectivity index (χ4v) is 2.66. The highest BCUT2D eigenvalue weighted by Gasteiger charge is 2.49. The lowest BCUT2D eigenvalue weighted by atomic mass is 9.84. The van der Waals surface area contributed by atoms with Crippen LogP contribution in [0.1, 0.15) is 31.2 Å². The molecule has 0 saturated heterocycles. The van der Waals surface area contributed by atoms with Crippen molar-refractivity contribution < 1.29 is 19.1 Å². The molecule has 3 nitrogen and oxygen atoms in total. The van der Waals surface area contributed by atoms with Gasteiger partial charge in [0.2, 0.25) is 0 Å². The highest BCUT2D eigenvalue weighted by molar-refractivity contribution is 6.07. The second-order valence-electron chi connectivity index (χ2n) is 5.11. The molecule has 2 rings (SSSR count). The summed E-state index contributed by atoms with van der Waals surface area (Å²) in [6.45, 7) is 0. The van der Waals surface area contributed by atoms with Crippen LogP contribution in [0.5, 0.6) is 0 Å². The van der Waals surface area contributed by atoms with E-state index in [1.165, 1.54) is 0 Å². The van der Waals surface area contributed by atoms with E-state index in [0.29, 0.717) is 18.4 Å². The fraction of sp³-hybridized carbons (Fsp3) is 0.467. The molecular formula is C15H17FO3. The number of carboxylic acids is 1. The van der Waals surface area contributed by atoms with Gasteiger partial charge in [-0.05, 0) is 18.4 Å². The number of carbonyl (C=O) groups excluding carboxylic acids is 1. The van der Waals surface area contributed by atoms with Crippen LogP contribution in [-0.4, -0.2) is 22.5 Å². The monoisotopic (exact) mass is 264 g/mol.